The quantitative estimate of drug-likeness (QED) is 0.830. The topological polar surface area (TPSA) is 75.6 Å². The van der Waals surface area contributed by atoms with Crippen molar-refractivity contribution in [1.82, 2.24) is 5.32 Å². The van der Waals surface area contributed by atoms with Gasteiger partial charge in [-0.25, -0.2) is 13.6 Å². The van der Waals surface area contributed by atoms with Crippen molar-refractivity contribution in [2.45, 2.75) is 18.4 Å². The molecule has 0 bridgehead atoms. The zero-order chi connectivity index (χ0) is 15.6. The van der Waals surface area contributed by atoms with Gasteiger partial charge in [0.15, 0.2) is 17.7 Å². The minimum Gasteiger partial charge on any atom is -0.480 e. The zero-order valence-corrected chi connectivity index (χ0v) is 11.3. The summed E-state index contributed by atoms with van der Waals surface area (Å²) >= 11 is 0. The first-order valence-corrected chi connectivity index (χ1v) is 6.41. The number of aliphatic carboxylic acids is 1. The van der Waals surface area contributed by atoms with E-state index in [9.17, 15) is 18.4 Å². The lowest BCUT2D eigenvalue weighted by Crippen LogP contribution is -2.44. The Balaban J connectivity index is 2.01. The van der Waals surface area contributed by atoms with Crippen LogP contribution in [0.25, 0.3) is 0 Å². The van der Waals surface area contributed by atoms with E-state index in [0.29, 0.717) is 6.42 Å². The molecule has 0 aromatic heterocycles. The number of carboxylic acid groups (broad SMARTS) is 1. The number of carbonyl (C=O) groups excluding carboxylic acids is 1. The summed E-state index contributed by atoms with van der Waals surface area (Å²) in [4.78, 5) is 22.8. The molecule has 0 spiro atoms. The molecule has 3 atom stereocenters. The van der Waals surface area contributed by atoms with Crippen LogP contribution in [-0.4, -0.2) is 36.7 Å². The molecule has 0 radical (unpaired) electrons. The molecule has 0 heterocycles. The minimum atomic E-state index is -1.21. The molecule has 7 heteroatoms. The lowest BCUT2D eigenvalue weighted by molar-refractivity contribution is -0.143. The van der Waals surface area contributed by atoms with E-state index in [4.69, 9.17) is 9.84 Å². The van der Waals surface area contributed by atoms with Gasteiger partial charge in [-0.2, -0.15) is 0 Å². The molecule has 1 amide bonds. The fourth-order valence-electron chi connectivity index (χ4n) is 2.26. The minimum absolute atomic E-state index is 0.147. The van der Waals surface area contributed by atoms with Crippen LogP contribution in [0.2, 0.25) is 0 Å². The SMILES string of the molecule is COCC(NC(=O)C1CC1c1cccc(F)c1F)C(=O)O. The second-order valence-corrected chi connectivity index (χ2v) is 4.95. The number of carbonyl (C=O) groups is 2. The Morgan fingerprint density at radius 2 is 2.19 bits per heavy atom. The fraction of sp³-hybridized carbons (Fsp3) is 0.429. The van der Waals surface area contributed by atoms with Crippen LogP contribution in [0.3, 0.4) is 0 Å². The van der Waals surface area contributed by atoms with E-state index in [-0.39, 0.29) is 12.2 Å². The molecule has 1 aliphatic rings. The van der Waals surface area contributed by atoms with E-state index in [2.05, 4.69) is 5.32 Å². The van der Waals surface area contributed by atoms with Gasteiger partial charge >= 0.3 is 5.97 Å². The Labute approximate surface area is 119 Å². The van der Waals surface area contributed by atoms with Gasteiger partial charge in [-0.05, 0) is 24.0 Å². The van der Waals surface area contributed by atoms with Gasteiger partial charge in [0.1, 0.15) is 0 Å². The Kier molecular flexibility index (Phi) is 4.52. The predicted molar refractivity (Wildman–Crippen MR) is 68.6 cm³/mol. The third kappa shape index (κ3) is 3.36. The normalized spacial score (nSPS) is 21.7. The van der Waals surface area contributed by atoms with Gasteiger partial charge in [-0.3, -0.25) is 4.79 Å². The van der Waals surface area contributed by atoms with Gasteiger partial charge in [-0.15, -0.1) is 0 Å². The van der Waals surface area contributed by atoms with E-state index in [1.807, 2.05) is 0 Å². The summed E-state index contributed by atoms with van der Waals surface area (Å²) in [7, 11) is 1.32. The number of carboxylic acids is 1. The Morgan fingerprint density at radius 1 is 1.48 bits per heavy atom. The Hall–Kier alpha value is -2.02. The van der Waals surface area contributed by atoms with E-state index in [0.717, 1.165) is 6.07 Å². The van der Waals surface area contributed by atoms with Gasteiger partial charge in [0, 0.05) is 13.0 Å². The molecule has 1 fully saturated rings. The number of ether oxygens (including phenoxy) is 1. The monoisotopic (exact) mass is 299 g/mol. The number of halogens is 2. The maximum atomic E-state index is 13.6. The molecule has 2 rings (SSSR count). The summed E-state index contributed by atoms with van der Waals surface area (Å²) < 4.78 is 31.5. The second kappa shape index (κ2) is 6.17. The van der Waals surface area contributed by atoms with E-state index < -0.39 is 41.4 Å². The fourth-order valence-corrected chi connectivity index (χ4v) is 2.26. The number of methoxy groups -OCH3 is 1. The Morgan fingerprint density at radius 3 is 2.81 bits per heavy atom. The van der Waals surface area contributed by atoms with E-state index in [1.165, 1.54) is 19.2 Å². The van der Waals surface area contributed by atoms with Crippen LogP contribution in [0.4, 0.5) is 8.78 Å². The van der Waals surface area contributed by atoms with Crippen molar-refractivity contribution >= 4 is 11.9 Å². The highest BCUT2D eigenvalue weighted by Gasteiger charge is 2.46. The molecule has 1 aromatic carbocycles. The van der Waals surface area contributed by atoms with Gasteiger partial charge in [0.25, 0.3) is 0 Å². The average Bonchev–Trinajstić information content (AvgIpc) is 3.21. The van der Waals surface area contributed by atoms with Crippen molar-refractivity contribution in [3.05, 3.63) is 35.4 Å². The Bertz CT molecular complexity index is 564. The first-order chi connectivity index (χ1) is 9.95. The van der Waals surface area contributed by atoms with Crippen LogP contribution < -0.4 is 5.32 Å². The summed E-state index contributed by atoms with van der Waals surface area (Å²) in [6, 6.07) is 2.67. The van der Waals surface area contributed by atoms with Crippen LogP contribution in [0, 0.1) is 17.6 Å². The molecule has 2 N–H and O–H groups in total. The number of hydrogen-bond donors (Lipinski definition) is 2. The second-order valence-electron chi connectivity index (χ2n) is 4.95. The molecular weight excluding hydrogens is 284 g/mol. The third-order valence-electron chi connectivity index (χ3n) is 3.46. The average molecular weight is 299 g/mol. The number of amides is 1. The summed E-state index contributed by atoms with van der Waals surface area (Å²) in [6.45, 7) is -0.160. The summed E-state index contributed by atoms with van der Waals surface area (Å²) in [5.41, 5.74) is 0.147. The number of hydrogen-bond acceptors (Lipinski definition) is 3. The molecule has 1 aromatic rings. The maximum Gasteiger partial charge on any atom is 0.328 e. The van der Waals surface area contributed by atoms with E-state index >= 15 is 0 Å². The van der Waals surface area contributed by atoms with Crippen molar-refractivity contribution in [2.75, 3.05) is 13.7 Å². The largest absolute Gasteiger partial charge is 0.480 e. The molecule has 0 saturated heterocycles. The van der Waals surface area contributed by atoms with Crippen LogP contribution in [0.1, 0.15) is 17.9 Å². The van der Waals surface area contributed by atoms with Gasteiger partial charge < -0.3 is 15.2 Å². The molecule has 114 valence electrons. The lowest BCUT2D eigenvalue weighted by atomic mass is 10.1. The number of nitrogens with one attached hydrogen (secondary N) is 1. The van der Waals surface area contributed by atoms with Crippen LogP contribution >= 0.6 is 0 Å². The van der Waals surface area contributed by atoms with Crippen LogP contribution in [0.15, 0.2) is 18.2 Å². The highest BCUT2D eigenvalue weighted by Crippen LogP contribution is 2.48. The smallest absolute Gasteiger partial charge is 0.328 e. The summed E-state index contributed by atoms with van der Waals surface area (Å²) in [6.07, 6.45) is 0.367. The maximum absolute atomic E-state index is 13.6. The van der Waals surface area contributed by atoms with Crippen molar-refractivity contribution in [2.24, 2.45) is 5.92 Å². The van der Waals surface area contributed by atoms with Gasteiger partial charge in [0.2, 0.25) is 5.91 Å². The first-order valence-electron chi connectivity index (χ1n) is 6.41. The lowest BCUT2D eigenvalue weighted by Gasteiger charge is -2.13. The molecule has 5 nitrogen and oxygen atoms in total. The summed E-state index contributed by atoms with van der Waals surface area (Å²) in [5.74, 6) is -4.57. The molecule has 0 aliphatic heterocycles. The number of benzene rings is 1. The van der Waals surface area contributed by atoms with Gasteiger partial charge in [0.05, 0.1) is 6.61 Å². The van der Waals surface area contributed by atoms with Crippen molar-refractivity contribution < 1.29 is 28.2 Å². The number of rotatable bonds is 6. The van der Waals surface area contributed by atoms with Crippen LogP contribution in [0.5, 0.6) is 0 Å². The van der Waals surface area contributed by atoms with E-state index in [1.54, 1.807) is 0 Å². The van der Waals surface area contributed by atoms with Crippen molar-refractivity contribution in [3.63, 3.8) is 0 Å². The highest BCUT2D eigenvalue weighted by atomic mass is 19.2. The standard InChI is InChI=1S/C14H15F2NO4/c1-21-6-11(14(19)20)17-13(18)9-5-8(9)7-3-2-4-10(15)12(7)16/h2-4,8-9,11H,5-6H2,1H3,(H,17,18)(H,19,20). The molecular formula is C14H15F2NO4. The summed E-state index contributed by atoms with van der Waals surface area (Å²) in [5, 5.41) is 11.2. The van der Waals surface area contributed by atoms with Crippen molar-refractivity contribution in [3.8, 4) is 0 Å². The predicted octanol–water partition coefficient (Wildman–Crippen LogP) is 1.28. The van der Waals surface area contributed by atoms with Gasteiger partial charge in [-0.1, -0.05) is 12.1 Å². The first kappa shape index (κ1) is 15.4. The van der Waals surface area contributed by atoms with Crippen molar-refractivity contribution in [1.29, 1.82) is 0 Å². The third-order valence-corrected chi connectivity index (χ3v) is 3.46. The van der Waals surface area contributed by atoms with Crippen LogP contribution in [-0.2, 0) is 14.3 Å². The zero-order valence-electron chi connectivity index (χ0n) is 11.3. The molecule has 1 aliphatic carbocycles. The molecule has 1 saturated carbocycles. The highest BCUT2D eigenvalue weighted by molar-refractivity contribution is 5.87. The molecule has 3 unspecified atom stereocenters. The molecule has 21 heavy (non-hydrogen) atoms.